The molecular formula is C21H14FNO4S. The summed E-state index contributed by atoms with van der Waals surface area (Å²) in [5, 5.41) is 11.4. The lowest BCUT2D eigenvalue weighted by atomic mass is 10.1. The fourth-order valence-corrected chi connectivity index (χ4v) is 4.76. The van der Waals surface area contributed by atoms with Crippen molar-refractivity contribution >= 4 is 33.6 Å². The minimum atomic E-state index is -0.811. The summed E-state index contributed by atoms with van der Waals surface area (Å²) in [6.45, 7) is 1.93. The van der Waals surface area contributed by atoms with Gasteiger partial charge < -0.3 is 14.1 Å². The van der Waals surface area contributed by atoms with E-state index in [4.69, 9.17) is 4.42 Å². The standard InChI is InChI=1S/C21H14FNO4S/c1-10-9-11-5-4-6-12-16(11)23(10)20(25)15-17(24)19(21(26)27-18(12)15)28-14-8-3-2-7-13(14)22/h2-8,10,24H,9H2,1H3. The number of hydrogen-bond acceptors (Lipinski definition) is 5. The number of pyridine rings is 1. The monoisotopic (exact) mass is 395 g/mol. The Labute approximate surface area is 162 Å². The van der Waals surface area contributed by atoms with Gasteiger partial charge in [0.25, 0.3) is 5.56 Å². The van der Waals surface area contributed by atoms with Crippen LogP contribution in [0.1, 0.15) is 18.5 Å². The average molecular weight is 395 g/mol. The van der Waals surface area contributed by atoms with Crippen LogP contribution in [0.15, 0.2) is 66.3 Å². The number of hydrogen-bond donors (Lipinski definition) is 1. The third kappa shape index (κ3) is 2.26. The van der Waals surface area contributed by atoms with E-state index < -0.39 is 22.8 Å². The molecule has 0 aliphatic carbocycles. The predicted octanol–water partition coefficient (Wildman–Crippen LogP) is 4.22. The molecule has 0 bridgehead atoms. The van der Waals surface area contributed by atoms with Gasteiger partial charge in [-0.25, -0.2) is 9.18 Å². The molecule has 4 aromatic rings. The molecular weight excluding hydrogens is 381 g/mol. The second kappa shape index (κ2) is 5.97. The van der Waals surface area contributed by atoms with Crippen LogP contribution in [-0.4, -0.2) is 9.67 Å². The van der Waals surface area contributed by atoms with Crippen molar-refractivity contribution in [3.63, 3.8) is 0 Å². The number of aromatic nitrogens is 1. The van der Waals surface area contributed by atoms with Gasteiger partial charge in [0.05, 0.1) is 5.52 Å². The first kappa shape index (κ1) is 17.1. The van der Waals surface area contributed by atoms with Crippen LogP contribution in [-0.2, 0) is 6.42 Å². The molecule has 1 aliphatic rings. The van der Waals surface area contributed by atoms with Gasteiger partial charge in [-0.1, -0.05) is 36.0 Å². The number of aromatic hydroxyl groups is 1. The van der Waals surface area contributed by atoms with E-state index in [2.05, 4.69) is 0 Å². The molecule has 2 aromatic carbocycles. The highest BCUT2D eigenvalue weighted by Gasteiger charge is 2.28. The SMILES string of the molecule is CC1Cc2cccc3c4oc(=O)c(Sc5ccccc5F)c(O)c4c(=O)n1c23. The first-order valence-corrected chi connectivity index (χ1v) is 9.57. The van der Waals surface area contributed by atoms with Crippen LogP contribution in [0.5, 0.6) is 5.75 Å². The van der Waals surface area contributed by atoms with Crippen molar-refractivity contribution in [1.82, 2.24) is 4.57 Å². The molecule has 1 aliphatic heterocycles. The summed E-state index contributed by atoms with van der Waals surface area (Å²) in [6.07, 6.45) is 0.685. The van der Waals surface area contributed by atoms with Crippen molar-refractivity contribution in [2.75, 3.05) is 0 Å². The van der Waals surface area contributed by atoms with Crippen molar-refractivity contribution in [2.24, 2.45) is 0 Å². The van der Waals surface area contributed by atoms with Gasteiger partial charge in [0.15, 0.2) is 11.3 Å². The quantitative estimate of drug-likeness (QED) is 0.515. The van der Waals surface area contributed by atoms with E-state index >= 15 is 0 Å². The molecule has 5 rings (SSSR count). The summed E-state index contributed by atoms with van der Waals surface area (Å²) < 4.78 is 21.1. The molecule has 7 heteroatoms. The third-order valence-corrected chi connectivity index (χ3v) is 6.22. The molecule has 0 fully saturated rings. The molecule has 0 saturated heterocycles. The van der Waals surface area contributed by atoms with Crippen LogP contribution in [0.3, 0.4) is 0 Å². The van der Waals surface area contributed by atoms with E-state index in [1.807, 2.05) is 19.1 Å². The van der Waals surface area contributed by atoms with E-state index in [1.165, 1.54) is 18.2 Å². The highest BCUT2D eigenvalue weighted by atomic mass is 32.2. The molecule has 5 nitrogen and oxygen atoms in total. The summed E-state index contributed by atoms with van der Waals surface area (Å²) >= 11 is 0.744. The van der Waals surface area contributed by atoms with E-state index in [-0.39, 0.29) is 26.8 Å². The van der Waals surface area contributed by atoms with Crippen molar-refractivity contribution in [1.29, 1.82) is 0 Å². The van der Waals surface area contributed by atoms with Crippen LogP contribution in [0.4, 0.5) is 4.39 Å². The van der Waals surface area contributed by atoms with Crippen molar-refractivity contribution < 1.29 is 13.9 Å². The maximum absolute atomic E-state index is 14.0. The second-order valence-corrected chi connectivity index (χ2v) is 7.90. The fourth-order valence-electron chi connectivity index (χ4n) is 3.90. The predicted molar refractivity (Wildman–Crippen MR) is 105 cm³/mol. The topological polar surface area (TPSA) is 72.4 Å². The van der Waals surface area contributed by atoms with Gasteiger partial charge in [0.1, 0.15) is 16.1 Å². The molecule has 0 amide bonds. The Morgan fingerprint density at radius 3 is 2.75 bits per heavy atom. The fraction of sp³-hybridized carbons (Fsp3) is 0.143. The van der Waals surface area contributed by atoms with Gasteiger partial charge in [-0.15, -0.1) is 0 Å². The molecule has 28 heavy (non-hydrogen) atoms. The summed E-state index contributed by atoms with van der Waals surface area (Å²) in [5.41, 5.74) is 0.555. The highest BCUT2D eigenvalue weighted by molar-refractivity contribution is 7.99. The normalized spacial score (nSPS) is 15.6. The van der Waals surface area contributed by atoms with E-state index in [0.29, 0.717) is 11.8 Å². The van der Waals surface area contributed by atoms with Gasteiger partial charge >= 0.3 is 5.63 Å². The molecule has 0 radical (unpaired) electrons. The van der Waals surface area contributed by atoms with E-state index in [0.717, 1.165) is 22.8 Å². The summed E-state index contributed by atoms with van der Waals surface area (Å²) in [5.74, 6) is -1.00. The van der Waals surface area contributed by atoms with Crippen molar-refractivity contribution in [3.05, 3.63) is 74.6 Å². The van der Waals surface area contributed by atoms with Crippen LogP contribution < -0.4 is 11.2 Å². The minimum Gasteiger partial charge on any atom is -0.505 e. The zero-order valence-electron chi connectivity index (χ0n) is 14.7. The highest BCUT2D eigenvalue weighted by Crippen LogP contribution is 2.40. The first-order valence-electron chi connectivity index (χ1n) is 8.75. The summed E-state index contributed by atoms with van der Waals surface area (Å²) in [6, 6.07) is 11.4. The maximum Gasteiger partial charge on any atom is 0.354 e. The molecule has 2 aromatic heterocycles. The lowest BCUT2D eigenvalue weighted by molar-refractivity contribution is 0.446. The van der Waals surface area contributed by atoms with Gasteiger partial charge in [0, 0.05) is 16.3 Å². The molecule has 0 saturated carbocycles. The smallest absolute Gasteiger partial charge is 0.354 e. The Kier molecular flexibility index (Phi) is 3.64. The van der Waals surface area contributed by atoms with Crippen LogP contribution >= 0.6 is 11.8 Å². The Morgan fingerprint density at radius 2 is 1.96 bits per heavy atom. The number of para-hydroxylation sites is 1. The zero-order chi connectivity index (χ0) is 19.6. The summed E-state index contributed by atoms with van der Waals surface area (Å²) in [4.78, 5) is 25.7. The first-order chi connectivity index (χ1) is 13.5. The molecule has 1 N–H and O–H groups in total. The second-order valence-electron chi connectivity index (χ2n) is 6.85. The Bertz CT molecular complexity index is 1410. The number of nitrogens with zero attached hydrogens (tertiary/aromatic N) is 1. The minimum absolute atomic E-state index is 0.0585. The number of benzene rings is 2. The summed E-state index contributed by atoms with van der Waals surface area (Å²) in [7, 11) is 0. The van der Waals surface area contributed by atoms with Gasteiger partial charge in [0.2, 0.25) is 0 Å². The van der Waals surface area contributed by atoms with Crippen LogP contribution in [0.2, 0.25) is 0 Å². The van der Waals surface area contributed by atoms with Gasteiger partial charge in [-0.2, -0.15) is 0 Å². The Hall–Kier alpha value is -3.06. The Morgan fingerprint density at radius 1 is 1.18 bits per heavy atom. The molecule has 1 atom stereocenters. The van der Waals surface area contributed by atoms with Crippen LogP contribution in [0, 0.1) is 5.82 Å². The van der Waals surface area contributed by atoms with Crippen molar-refractivity contribution in [3.8, 4) is 5.75 Å². The van der Waals surface area contributed by atoms with Gasteiger partial charge in [-0.05, 0) is 37.1 Å². The average Bonchev–Trinajstić information content (AvgIpc) is 3.01. The van der Waals surface area contributed by atoms with Crippen molar-refractivity contribution in [2.45, 2.75) is 29.2 Å². The Balaban J connectivity index is 1.87. The van der Waals surface area contributed by atoms with Gasteiger partial charge in [-0.3, -0.25) is 4.79 Å². The number of halogens is 1. The van der Waals surface area contributed by atoms with E-state index in [9.17, 15) is 19.1 Å². The number of rotatable bonds is 2. The van der Waals surface area contributed by atoms with Crippen LogP contribution in [0.25, 0.3) is 21.9 Å². The maximum atomic E-state index is 14.0. The molecule has 3 heterocycles. The molecule has 140 valence electrons. The number of fused-ring (bicyclic) bond motifs is 2. The largest absolute Gasteiger partial charge is 0.505 e. The molecule has 0 spiro atoms. The third-order valence-electron chi connectivity index (χ3n) is 5.10. The zero-order valence-corrected chi connectivity index (χ0v) is 15.5. The molecule has 1 unspecified atom stereocenters. The lowest BCUT2D eigenvalue weighted by Gasteiger charge is -2.13. The lowest BCUT2D eigenvalue weighted by Crippen LogP contribution is -2.22. The van der Waals surface area contributed by atoms with E-state index in [1.54, 1.807) is 16.7 Å².